The Morgan fingerprint density at radius 1 is 1.20 bits per heavy atom. The fourth-order valence-electron chi connectivity index (χ4n) is 3.29. The summed E-state index contributed by atoms with van der Waals surface area (Å²) in [5.41, 5.74) is -2.51. The van der Waals surface area contributed by atoms with Gasteiger partial charge in [0, 0.05) is 17.9 Å². The summed E-state index contributed by atoms with van der Waals surface area (Å²) in [5.74, 6) is -1.36. The maximum absolute atomic E-state index is 12.9. The molecule has 0 spiro atoms. The molecule has 0 aliphatic heterocycles. The molecular weight excluding hydrogens is 397 g/mol. The third kappa shape index (κ3) is 5.36. The summed E-state index contributed by atoms with van der Waals surface area (Å²) in [4.78, 5) is 23.0. The number of aliphatic hydroxyl groups is 1. The van der Waals surface area contributed by atoms with Gasteiger partial charge in [0.1, 0.15) is 5.60 Å². The topological polar surface area (TPSA) is 74.6 Å². The molecule has 30 heavy (non-hydrogen) atoms. The highest BCUT2D eigenvalue weighted by atomic mass is 19.4. The van der Waals surface area contributed by atoms with E-state index in [2.05, 4.69) is 0 Å². The summed E-state index contributed by atoms with van der Waals surface area (Å²) in [6.45, 7) is 4.93. The number of alkyl halides is 3. The Balaban J connectivity index is 2.47. The summed E-state index contributed by atoms with van der Waals surface area (Å²) in [6.07, 6.45) is 3.47. The maximum atomic E-state index is 12.9. The minimum absolute atomic E-state index is 0.0520. The average Bonchev–Trinajstić information content (AvgIpc) is 2.60. The van der Waals surface area contributed by atoms with Crippen LogP contribution in [0.4, 0.5) is 13.2 Å². The quantitative estimate of drug-likeness (QED) is 0.521. The van der Waals surface area contributed by atoms with Crippen molar-refractivity contribution in [1.29, 1.82) is 0 Å². The highest BCUT2D eigenvalue weighted by Gasteiger charge is 2.47. The fourth-order valence-corrected chi connectivity index (χ4v) is 3.29. The van der Waals surface area contributed by atoms with Crippen molar-refractivity contribution in [3.8, 4) is 0 Å². The molecule has 1 aliphatic carbocycles. The number of ketones is 1. The van der Waals surface area contributed by atoms with Crippen LogP contribution in [-0.2, 0) is 15.8 Å². The number of halogens is 3. The highest BCUT2D eigenvalue weighted by molar-refractivity contribution is 5.94. The molecule has 7 heteroatoms. The largest absolute Gasteiger partial charge is 0.478 e. The Hall–Kier alpha value is -2.93. The second-order valence-corrected chi connectivity index (χ2v) is 7.91. The van der Waals surface area contributed by atoms with Crippen molar-refractivity contribution in [3.63, 3.8) is 0 Å². The van der Waals surface area contributed by atoms with Crippen molar-refractivity contribution in [2.45, 2.75) is 39.0 Å². The van der Waals surface area contributed by atoms with Crippen LogP contribution < -0.4 is 0 Å². The Bertz CT molecular complexity index is 965. The normalized spacial score (nSPS) is 22.6. The van der Waals surface area contributed by atoms with Gasteiger partial charge < -0.3 is 10.2 Å². The number of carboxylic acid groups (broad SMARTS) is 1. The summed E-state index contributed by atoms with van der Waals surface area (Å²) < 4.78 is 38.8. The molecular formula is C23H23F3O4. The third-order valence-corrected chi connectivity index (χ3v) is 5.01. The third-order valence-electron chi connectivity index (χ3n) is 5.01. The number of hydrogen-bond acceptors (Lipinski definition) is 3. The first kappa shape index (κ1) is 23.3. The molecule has 0 fully saturated rings. The van der Waals surface area contributed by atoms with Gasteiger partial charge in [0.25, 0.3) is 0 Å². The van der Waals surface area contributed by atoms with Crippen LogP contribution in [0.15, 0.2) is 65.8 Å². The van der Waals surface area contributed by atoms with E-state index in [-0.39, 0.29) is 23.3 Å². The molecule has 0 heterocycles. The van der Waals surface area contributed by atoms with E-state index in [0.717, 1.165) is 18.2 Å². The first-order valence-corrected chi connectivity index (χ1v) is 9.18. The van der Waals surface area contributed by atoms with Crippen LogP contribution in [0.3, 0.4) is 0 Å². The summed E-state index contributed by atoms with van der Waals surface area (Å²) in [5, 5.41) is 20.3. The van der Waals surface area contributed by atoms with Crippen LogP contribution in [0.1, 0.15) is 38.3 Å². The van der Waals surface area contributed by atoms with Gasteiger partial charge in [-0.05, 0) is 47.9 Å². The molecule has 160 valence electrons. The zero-order valence-electron chi connectivity index (χ0n) is 16.8. The van der Waals surface area contributed by atoms with Crippen molar-refractivity contribution in [2.75, 3.05) is 0 Å². The molecule has 1 aromatic carbocycles. The number of carboxylic acids is 1. The number of benzene rings is 1. The zero-order valence-corrected chi connectivity index (χ0v) is 16.8. The monoisotopic (exact) mass is 420 g/mol. The van der Waals surface area contributed by atoms with Crippen molar-refractivity contribution < 1.29 is 33.0 Å². The molecule has 4 nitrogen and oxygen atoms in total. The summed E-state index contributed by atoms with van der Waals surface area (Å²) in [7, 11) is 0. The van der Waals surface area contributed by atoms with E-state index >= 15 is 0 Å². The van der Waals surface area contributed by atoms with Crippen molar-refractivity contribution in [1.82, 2.24) is 0 Å². The van der Waals surface area contributed by atoms with Crippen LogP contribution in [0.5, 0.6) is 0 Å². The number of allylic oxidation sites excluding steroid dienone is 3. The molecule has 0 bridgehead atoms. The fraction of sp³-hybridized carbons (Fsp3) is 0.304. The molecule has 0 amide bonds. The highest BCUT2D eigenvalue weighted by Crippen LogP contribution is 2.45. The van der Waals surface area contributed by atoms with Crippen LogP contribution in [-0.4, -0.2) is 27.6 Å². The van der Waals surface area contributed by atoms with Gasteiger partial charge in [-0.25, -0.2) is 4.79 Å². The molecule has 0 saturated carbocycles. The van der Waals surface area contributed by atoms with Gasteiger partial charge in [-0.1, -0.05) is 44.2 Å². The van der Waals surface area contributed by atoms with Crippen LogP contribution in [0, 0.1) is 5.41 Å². The second kappa shape index (κ2) is 8.44. The van der Waals surface area contributed by atoms with Gasteiger partial charge in [-0.2, -0.15) is 13.2 Å². The molecule has 1 aliphatic rings. The smallest absolute Gasteiger partial charge is 0.416 e. The predicted octanol–water partition coefficient (Wildman–Crippen LogP) is 4.96. The van der Waals surface area contributed by atoms with Crippen molar-refractivity contribution in [2.24, 2.45) is 5.41 Å². The van der Waals surface area contributed by atoms with Crippen molar-refractivity contribution >= 4 is 17.8 Å². The lowest BCUT2D eigenvalue weighted by Gasteiger charge is -2.44. The lowest BCUT2D eigenvalue weighted by atomic mass is 9.64. The van der Waals surface area contributed by atoms with Gasteiger partial charge in [0.15, 0.2) is 5.78 Å². The first-order chi connectivity index (χ1) is 13.7. The minimum atomic E-state index is -4.48. The number of carbonyl (C=O) groups excluding carboxylic acids is 1. The Kier molecular flexibility index (Phi) is 6.57. The van der Waals surface area contributed by atoms with Gasteiger partial charge in [0.05, 0.1) is 5.56 Å². The molecule has 0 aromatic heterocycles. The second-order valence-electron chi connectivity index (χ2n) is 7.91. The number of hydrogen-bond donors (Lipinski definition) is 2. The molecule has 0 saturated heterocycles. The van der Waals surface area contributed by atoms with E-state index in [9.17, 15) is 27.9 Å². The van der Waals surface area contributed by atoms with Crippen LogP contribution in [0.25, 0.3) is 6.08 Å². The predicted molar refractivity (Wildman–Crippen MR) is 107 cm³/mol. The van der Waals surface area contributed by atoms with Gasteiger partial charge in [0.2, 0.25) is 0 Å². The van der Waals surface area contributed by atoms with E-state index in [1.54, 1.807) is 20.8 Å². The lowest BCUT2D eigenvalue weighted by molar-refractivity contribution is -0.137. The Morgan fingerprint density at radius 3 is 2.47 bits per heavy atom. The number of rotatable bonds is 5. The first-order valence-electron chi connectivity index (χ1n) is 9.18. The van der Waals surface area contributed by atoms with Crippen LogP contribution in [0.2, 0.25) is 0 Å². The standard InChI is InChI=1S/C23H23F3O4/c1-15(11-20(28)29)9-10-22(30)17(13-19(27)14-21(22,2)3)8-7-16-5-4-6-18(12-16)23(24,25)26/h4-13,30H,14H2,1-3H3,(H,28,29)/b8-7+,10-9+,15-11-/t22-/m1/s1. The molecule has 2 N–H and O–H groups in total. The minimum Gasteiger partial charge on any atom is -0.478 e. The molecule has 1 atom stereocenters. The molecule has 2 rings (SSSR count). The average molecular weight is 420 g/mol. The van der Waals surface area contributed by atoms with E-state index in [1.807, 2.05) is 0 Å². The van der Waals surface area contributed by atoms with Crippen LogP contribution >= 0.6 is 0 Å². The summed E-state index contributed by atoms with van der Waals surface area (Å²) >= 11 is 0. The SMILES string of the molecule is CC(=C/C(=O)O)/C=C/[C@@]1(O)C(/C=C/c2cccc(C(F)(F)F)c2)=CC(=O)CC1(C)C. The van der Waals surface area contributed by atoms with E-state index in [4.69, 9.17) is 5.11 Å². The zero-order chi connectivity index (χ0) is 22.7. The molecule has 1 aromatic rings. The summed E-state index contributed by atoms with van der Waals surface area (Å²) in [6, 6.07) is 4.69. The van der Waals surface area contributed by atoms with E-state index < -0.39 is 28.7 Å². The van der Waals surface area contributed by atoms with Gasteiger partial charge in [-0.15, -0.1) is 0 Å². The lowest BCUT2D eigenvalue weighted by Crippen LogP contribution is -2.48. The molecule has 0 unspecified atom stereocenters. The number of aliphatic carboxylic acids is 1. The maximum Gasteiger partial charge on any atom is 0.416 e. The Labute approximate surface area is 172 Å². The van der Waals surface area contributed by atoms with Gasteiger partial charge >= 0.3 is 12.1 Å². The van der Waals surface area contributed by atoms with E-state index in [0.29, 0.717) is 5.57 Å². The number of carbonyl (C=O) groups is 2. The van der Waals surface area contributed by atoms with Crippen molar-refractivity contribution in [3.05, 3.63) is 76.9 Å². The molecule has 0 radical (unpaired) electrons. The Morgan fingerprint density at radius 2 is 1.87 bits per heavy atom. The van der Waals surface area contributed by atoms with Gasteiger partial charge in [-0.3, -0.25) is 4.79 Å². The van der Waals surface area contributed by atoms with E-state index in [1.165, 1.54) is 42.5 Å².